The number of carbonyl (C=O) groups excluding carboxylic acids is 2. The van der Waals surface area contributed by atoms with Crippen molar-refractivity contribution >= 4 is 36.8 Å². The van der Waals surface area contributed by atoms with Crippen molar-refractivity contribution in [2.24, 2.45) is 0 Å². The van der Waals surface area contributed by atoms with Gasteiger partial charge in [-0.25, -0.2) is 9.59 Å². The van der Waals surface area contributed by atoms with Gasteiger partial charge in [-0.2, -0.15) is 0 Å². The van der Waals surface area contributed by atoms with Gasteiger partial charge in [-0.3, -0.25) is 4.79 Å². The van der Waals surface area contributed by atoms with Crippen molar-refractivity contribution in [3.8, 4) is 0 Å². The fraction of sp³-hybridized carbons (Fsp3) is 0.382. The van der Waals surface area contributed by atoms with E-state index in [2.05, 4.69) is 31.4 Å². The fourth-order valence-corrected chi connectivity index (χ4v) is 9.68. The van der Waals surface area contributed by atoms with E-state index < -0.39 is 50.6 Å². The third-order valence-corrected chi connectivity index (χ3v) is 12.0. The second-order valence-electron chi connectivity index (χ2n) is 12.6. The van der Waals surface area contributed by atoms with Gasteiger partial charge < -0.3 is 29.6 Å². The van der Waals surface area contributed by atoms with Crippen LogP contribution in [0.15, 0.2) is 91.0 Å². The molecule has 0 aliphatic heterocycles. The molecule has 236 valence electrons. The Kier molecular flexibility index (Phi) is 11.7. The highest BCUT2D eigenvalue weighted by molar-refractivity contribution is 6.99. The van der Waals surface area contributed by atoms with Gasteiger partial charge in [0.1, 0.15) is 12.2 Å². The number of carboxylic acids is 1. The molecular weight excluding hydrogens is 576 g/mol. The first kappa shape index (κ1) is 34.3. The van der Waals surface area contributed by atoms with Crippen molar-refractivity contribution in [2.75, 3.05) is 6.61 Å². The molecule has 2 amide bonds. The number of carbonyl (C=O) groups is 3. The second kappa shape index (κ2) is 15.0. The van der Waals surface area contributed by atoms with E-state index in [0.717, 1.165) is 15.9 Å². The number of ether oxygens (including phenoxy) is 2. The molecule has 2 atom stereocenters. The topological polar surface area (TPSA) is 123 Å². The van der Waals surface area contributed by atoms with E-state index >= 15 is 0 Å². The molecule has 0 fully saturated rings. The van der Waals surface area contributed by atoms with Crippen LogP contribution in [-0.2, 0) is 25.3 Å². The number of aliphatic carboxylic acids is 1. The van der Waals surface area contributed by atoms with Crippen LogP contribution in [0.5, 0.6) is 0 Å². The van der Waals surface area contributed by atoms with Crippen molar-refractivity contribution in [3.05, 3.63) is 96.6 Å². The molecule has 0 aliphatic carbocycles. The summed E-state index contributed by atoms with van der Waals surface area (Å²) >= 11 is 0. The first-order chi connectivity index (χ1) is 20.7. The SMILES string of the molecule is CC(C)(C)OC(=O)N[C@H](CO[Si](c1ccccc1)(c1ccccc1)C(C)(C)C)[C@@H](CC(=O)O)NC(=O)OCc1ccccc1. The smallest absolute Gasteiger partial charge is 0.408 e. The summed E-state index contributed by atoms with van der Waals surface area (Å²) in [5, 5.41) is 16.9. The van der Waals surface area contributed by atoms with Gasteiger partial charge in [0.15, 0.2) is 0 Å². The predicted octanol–water partition coefficient (Wildman–Crippen LogP) is 5.23. The van der Waals surface area contributed by atoms with Gasteiger partial charge >= 0.3 is 18.2 Å². The number of alkyl carbamates (subject to hydrolysis) is 2. The Balaban J connectivity index is 1.99. The first-order valence-electron chi connectivity index (χ1n) is 14.6. The molecule has 0 heterocycles. The van der Waals surface area contributed by atoms with E-state index in [-0.39, 0.29) is 18.3 Å². The van der Waals surface area contributed by atoms with Gasteiger partial charge in [-0.1, -0.05) is 112 Å². The lowest BCUT2D eigenvalue weighted by atomic mass is 10.1. The molecular formula is C34H44N2O7Si. The Bertz CT molecular complexity index is 1320. The van der Waals surface area contributed by atoms with Crippen molar-refractivity contribution in [1.29, 1.82) is 0 Å². The van der Waals surface area contributed by atoms with Crippen LogP contribution in [0.3, 0.4) is 0 Å². The van der Waals surface area contributed by atoms with Crippen LogP contribution < -0.4 is 21.0 Å². The number of nitrogens with one attached hydrogen (secondary N) is 2. The monoisotopic (exact) mass is 620 g/mol. The summed E-state index contributed by atoms with van der Waals surface area (Å²) in [4.78, 5) is 38.0. The molecule has 0 spiro atoms. The molecule has 3 rings (SSSR count). The van der Waals surface area contributed by atoms with Crippen LogP contribution in [0.2, 0.25) is 5.04 Å². The van der Waals surface area contributed by atoms with E-state index in [1.54, 1.807) is 20.8 Å². The Morgan fingerprint density at radius 2 is 1.20 bits per heavy atom. The summed E-state index contributed by atoms with van der Waals surface area (Å²) < 4.78 is 17.9. The molecule has 0 bridgehead atoms. The van der Waals surface area contributed by atoms with Crippen molar-refractivity contribution in [2.45, 2.75) is 77.3 Å². The molecule has 0 saturated carbocycles. The molecule has 0 saturated heterocycles. The maximum Gasteiger partial charge on any atom is 0.408 e. The summed E-state index contributed by atoms with van der Waals surface area (Å²) in [6.07, 6.45) is -2.07. The predicted molar refractivity (Wildman–Crippen MR) is 173 cm³/mol. The summed E-state index contributed by atoms with van der Waals surface area (Å²) in [6.45, 7) is 11.4. The van der Waals surface area contributed by atoms with Crippen LogP contribution >= 0.6 is 0 Å². The zero-order valence-corrected chi connectivity index (χ0v) is 27.3. The highest BCUT2D eigenvalue weighted by Crippen LogP contribution is 2.37. The lowest BCUT2D eigenvalue weighted by molar-refractivity contribution is -0.137. The second-order valence-corrected chi connectivity index (χ2v) is 16.9. The average molecular weight is 621 g/mol. The maximum absolute atomic E-state index is 13.0. The van der Waals surface area contributed by atoms with Crippen LogP contribution in [0, 0.1) is 0 Å². The minimum Gasteiger partial charge on any atom is -0.481 e. The zero-order valence-electron chi connectivity index (χ0n) is 26.3. The number of hydrogen-bond donors (Lipinski definition) is 3. The Labute approximate surface area is 261 Å². The molecule has 3 N–H and O–H groups in total. The Morgan fingerprint density at radius 3 is 1.66 bits per heavy atom. The van der Waals surface area contributed by atoms with Crippen LogP contribution in [0.25, 0.3) is 0 Å². The molecule has 44 heavy (non-hydrogen) atoms. The fourth-order valence-electron chi connectivity index (χ4n) is 5.09. The Morgan fingerprint density at radius 1 is 0.727 bits per heavy atom. The normalized spacial score (nSPS) is 13.3. The van der Waals surface area contributed by atoms with E-state index in [0.29, 0.717) is 0 Å². The van der Waals surface area contributed by atoms with Gasteiger partial charge in [0.25, 0.3) is 8.32 Å². The number of hydrogen-bond acceptors (Lipinski definition) is 6. The number of rotatable bonds is 12. The van der Waals surface area contributed by atoms with Crippen LogP contribution in [-0.4, -0.2) is 55.9 Å². The minimum absolute atomic E-state index is 0.00477. The number of benzene rings is 3. The van der Waals surface area contributed by atoms with E-state index in [1.807, 2.05) is 91.0 Å². The van der Waals surface area contributed by atoms with Gasteiger partial charge in [0, 0.05) is 0 Å². The molecule has 0 radical (unpaired) electrons. The van der Waals surface area contributed by atoms with Crippen molar-refractivity contribution in [3.63, 3.8) is 0 Å². The molecule has 3 aromatic carbocycles. The maximum atomic E-state index is 13.0. The largest absolute Gasteiger partial charge is 0.481 e. The molecule has 10 heteroatoms. The van der Waals surface area contributed by atoms with Gasteiger partial charge in [0.05, 0.1) is 25.1 Å². The van der Waals surface area contributed by atoms with E-state index in [4.69, 9.17) is 13.9 Å². The van der Waals surface area contributed by atoms with Gasteiger partial charge in [0.2, 0.25) is 0 Å². The molecule has 0 aliphatic rings. The van der Waals surface area contributed by atoms with Crippen molar-refractivity contribution < 1.29 is 33.4 Å². The van der Waals surface area contributed by atoms with Crippen LogP contribution in [0.1, 0.15) is 53.5 Å². The highest BCUT2D eigenvalue weighted by Gasteiger charge is 2.50. The third-order valence-electron chi connectivity index (χ3n) is 6.99. The van der Waals surface area contributed by atoms with Crippen LogP contribution in [0.4, 0.5) is 9.59 Å². The lowest BCUT2D eigenvalue weighted by Gasteiger charge is -2.44. The number of carboxylic acid groups (broad SMARTS) is 1. The van der Waals surface area contributed by atoms with E-state index in [9.17, 15) is 19.5 Å². The third kappa shape index (κ3) is 9.68. The molecule has 9 nitrogen and oxygen atoms in total. The quantitative estimate of drug-likeness (QED) is 0.237. The summed E-state index contributed by atoms with van der Waals surface area (Å²) in [6, 6.07) is 26.9. The lowest BCUT2D eigenvalue weighted by Crippen LogP contribution is -2.68. The summed E-state index contributed by atoms with van der Waals surface area (Å²) in [5.41, 5.74) is -0.0338. The first-order valence-corrected chi connectivity index (χ1v) is 16.6. The minimum atomic E-state index is -3.08. The van der Waals surface area contributed by atoms with E-state index in [1.165, 1.54) is 0 Å². The molecule has 3 aromatic rings. The number of amides is 2. The van der Waals surface area contributed by atoms with Gasteiger partial charge in [-0.15, -0.1) is 0 Å². The summed E-state index contributed by atoms with van der Waals surface area (Å²) in [7, 11) is -3.08. The molecule has 0 unspecified atom stereocenters. The Hall–Kier alpha value is -4.15. The standard InChI is InChI=1S/C34H44N2O7Si/c1-33(2,3)43-32(40)36-29(28(22-30(37)38)35-31(39)41-23-25-16-10-7-11-17-25)24-42-44(34(4,5)6,26-18-12-8-13-19-26)27-20-14-9-15-21-27/h7-21,28-29H,22-24H2,1-6H3,(H,35,39)(H,36,40)(H,37,38)/t28-,29-/m1/s1. The van der Waals surface area contributed by atoms with Crippen molar-refractivity contribution in [1.82, 2.24) is 10.6 Å². The molecule has 0 aromatic heterocycles. The van der Waals surface area contributed by atoms with Gasteiger partial charge in [-0.05, 0) is 41.7 Å². The highest BCUT2D eigenvalue weighted by atomic mass is 28.4. The average Bonchev–Trinajstić information content (AvgIpc) is 2.95. The zero-order chi connectivity index (χ0) is 32.4. The summed E-state index contributed by atoms with van der Waals surface area (Å²) in [5.74, 6) is -1.17.